The predicted octanol–water partition coefficient (Wildman–Crippen LogP) is 20.9. The summed E-state index contributed by atoms with van der Waals surface area (Å²) in [6, 6.07) is -0.870. The first-order valence-electron chi connectivity index (χ1n) is 33.1. The van der Waals surface area contributed by atoms with Crippen LogP contribution >= 0.6 is 7.82 Å². The molecule has 0 fully saturated rings. The first-order chi connectivity index (χ1) is 38.5. The van der Waals surface area contributed by atoms with Crippen molar-refractivity contribution in [1.29, 1.82) is 0 Å². The standard InChI is InChI=1S/C70H127N2O6P/c1-6-8-10-12-14-16-18-20-22-24-26-28-30-32-33-34-35-36-37-38-39-40-42-44-46-48-50-52-54-56-58-60-62-64-70(74)71-68(67-78-79(75,76)77-66-65-72(3,4)5)69(73)63-61-59-57-55-53-51-49-47-45-43-41-31-29-27-25-23-21-19-17-15-13-11-9-7-2/h8,10,14,16,20,22,26,28,32-33,35-36,53,55,61,63,68-69,73H,6-7,9,11-13,15,17-19,21,23-25,27,29-31,34,37-52,54,56-60,62,64-67H2,1-5H3,(H-,71,74,75,76)/p+1/b10-8-,16-14-,22-20-,28-26-,33-32-,36-35-,55-53+,63-61+. The lowest BCUT2D eigenvalue weighted by molar-refractivity contribution is -0.870. The third-order valence-electron chi connectivity index (χ3n) is 14.5. The average molecular weight is 1120 g/mol. The van der Waals surface area contributed by atoms with Gasteiger partial charge in [0.1, 0.15) is 13.2 Å². The zero-order valence-corrected chi connectivity index (χ0v) is 53.2. The van der Waals surface area contributed by atoms with Gasteiger partial charge in [0, 0.05) is 6.42 Å². The minimum atomic E-state index is -4.37. The Hall–Kier alpha value is -2.58. The molecule has 0 aliphatic carbocycles. The molecule has 0 rings (SSSR count). The molecule has 8 nitrogen and oxygen atoms in total. The Morgan fingerprint density at radius 3 is 1.16 bits per heavy atom. The van der Waals surface area contributed by atoms with E-state index in [0.717, 1.165) is 77.0 Å². The molecular formula is C70H128N2O6P+. The van der Waals surface area contributed by atoms with Crippen LogP contribution in [0.3, 0.4) is 0 Å². The molecule has 0 aromatic heterocycles. The molecule has 0 bridgehead atoms. The third kappa shape index (κ3) is 62.9. The van der Waals surface area contributed by atoms with E-state index in [2.05, 4.69) is 104 Å². The van der Waals surface area contributed by atoms with E-state index in [1.807, 2.05) is 27.2 Å². The fourth-order valence-electron chi connectivity index (χ4n) is 9.42. The van der Waals surface area contributed by atoms with E-state index in [0.29, 0.717) is 17.4 Å². The smallest absolute Gasteiger partial charge is 0.387 e. The molecule has 0 saturated carbocycles. The van der Waals surface area contributed by atoms with Crippen molar-refractivity contribution < 1.29 is 32.9 Å². The van der Waals surface area contributed by atoms with Crippen molar-refractivity contribution in [1.82, 2.24) is 5.32 Å². The maximum atomic E-state index is 13.0. The van der Waals surface area contributed by atoms with Crippen LogP contribution in [0.25, 0.3) is 0 Å². The lowest BCUT2D eigenvalue weighted by Gasteiger charge is -2.25. The molecule has 0 aromatic carbocycles. The Kier molecular flexibility index (Phi) is 58.1. The number of nitrogens with one attached hydrogen (secondary N) is 1. The summed E-state index contributed by atoms with van der Waals surface area (Å²) >= 11 is 0. The van der Waals surface area contributed by atoms with Crippen LogP contribution in [0.1, 0.15) is 290 Å². The van der Waals surface area contributed by atoms with Gasteiger partial charge in [0.15, 0.2) is 0 Å². The van der Waals surface area contributed by atoms with Crippen LogP contribution in [-0.4, -0.2) is 73.4 Å². The van der Waals surface area contributed by atoms with Crippen molar-refractivity contribution in [3.63, 3.8) is 0 Å². The maximum Gasteiger partial charge on any atom is 0.472 e. The minimum Gasteiger partial charge on any atom is -0.387 e. The lowest BCUT2D eigenvalue weighted by Crippen LogP contribution is -2.45. The SMILES string of the molecule is CC/C=C\C/C=C\C/C=C\C/C=C\C/C=C\C/C=C\CCCCCCCCCCCCCCCCC(=O)NC(COP(=O)(O)OCC[N+](C)(C)C)C(O)/C=C/CC/C=C/CCCCCCCCCCCCCCCCCCCC. The van der Waals surface area contributed by atoms with Gasteiger partial charge in [-0.25, -0.2) is 4.57 Å². The van der Waals surface area contributed by atoms with E-state index in [-0.39, 0.29) is 19.1 Å². The Bertz CT molecular complexity index is 1610. The predicted molar refractivity (Wildman–Crippen MR) is 346 cm³/mol. The normalized spacial score (nSPS) is 14.4. The number of rotatable bonds is 60. The Morgan fingerprint density at radius 2 is 0.772 bits per heavy atom. The van der Waals surface area contributed by atoms with Crippen LogP contribution in [0, 0.1) is 0 Å². The van der Waals surface area contributed by atoms with Gasteiger partial charge in [-0.1, -0.05) is 297 Å². The number of hydrogen-bond donors (Lipinski definition) is 3. The molecule has 0 radical (unpaired) electrons. The largest absolute Gasteiger partial charge is 0.472 e. The molecule has 0 aromatic rings. The third-order valence-corrected chi connectivity index (χ3v) is 15.5. The van der Waals surface area contributed by atoms with E-state index in [1.54, 1.807) is 6.08 Å². The molecule has 9 heteroatoms. The van der Waals surface area contributed by atoms with Gasteiger partial charge < -0.3 is 19.8 Å². The fourth-order valence-corrected chi connectivity index (χ4v) is 10.2. The van der Waals surface area contributed by atoms with Crippen LogP contribution in [0.4, 0.5) is 0 Å². The second-order valence-electron chi connectivity index (χ2n) is 23.5. The van der Waals surface area contributed by atoms with Gasteiger partial charge in [0.05, 0.1) is 39.9 Å². The van der Waals surface area contributed by atoms with Gasteiger partial charge in [0.2, 0.25) is 5.91 Å². The Labute approximate surface area is 489 Å². The summed E-state index contributed by atoms with van der Waals surface area (Å²) < 4.78 is 23.8. The highest BCUT2D eigenvalue weighted by Crippen LogP contribution is 2.43. The number of phosphoric ester groups is 1. The van der Waals surface area contributed by atoms with E-state index >= 15 is 0 Å². The van der Waals surface area contributed by atoms with E-state index in [4.69, 9.17) is 9.05 Å². The summed E-state index contributed by atoms with van der Waals surface area (Å²) in [7, 11) is 1.55. The number of aliphatic hydroxyl groups is 1. The van der Waals surface area contributed by atoms with Crippen molar-refractivity contribution in [2.75, 3.05) is 40.9 Å². The number of likely N-dealkylation sites (N-methyl/N-ethyl adjacent to an activating group) is 1. The molecule has 0 heterocycles. The van der Waals surface area contributed by atoms with Crippen LogP contribution in [0.5, 0.6) is 0 Å². The molecule has 79 heavy (non-hydrogen) atoms. The topological polar surface area (TPSA) is 105 Å². The highest BCUT2D eigenvalue weighted by atomic mass is 31.2. The van der Waals surface area contributed by atoms with E-state index in [9.17, 15) is 19.4 Å². The summed E-state index contributed by atoms with van der Waals surface area (Å²) in [5, 5.41) is 14.0. The molecule has 0 spiro atoms. The number of carbonyl (C=O) groups excluding carboxylic acids is 1. The van der Waals surface area contributed by atoms with Crippen molar-refractivity contribution in [2.45, 2.75) is 302 Å². The van der Waals surface area contributed by atoms with E-state index < -0.39 is 20.0 Å². The minimum absolute atomic E-state index is 0.0531. The summed E-state index contributed by atoms with van der Waals surface area (Å²) in [6.07, 6.45) is 86.8. The number of allylic oxidation sites excluding steroid dienone is 15. The highest BCUT2D eigenvalue weighted by molar-refractivity contribution is 7.47. The van der Waals surface area contributed by atoms with Gasteiger partial charge in [-0.2, -0.15) is 0 Å². The number of nitrogens with zero attached hydrogens (tertiary/aromatic N) is 1. The first-order valence-corrected chi connectivity index (χ1v) is 34.6. The van der Waals surface area contributed by atoms with Gasteiger partial charge in [-0.15, -0.1) is 0 Å². The maximum absolute atomic E-state index is 13.0. The zero-order valence-electron chi connectivity index (χ0n) is 52.3. The van der Waals surface area contributed by atoms with Crippen molar-refractivity contribution in [2.24, 2.45) is 0 Å². The number of phosphoric acid groups is 1. The number of carbonyl (C=O) groups is 1. The molecule has 0 saturated heterocycles. The van der Waals surface area contributed by atoms with Crippen molar-refractivity contribution in [3.05, 3.63) is 97.2 Å². The number of hydrogen-bond acceptors (Lipinski definition) is 5. The molecule has 3 N–H and O–H groups in total. The second-order valence-corrected chi connectivity index (χ2v) is 24.9. The van der Waals surface area contributed by atoms with E-state index in [1.165, 1.54) is 193 Å². The molecule has 0 aliphatic heterocycles. The summed E-state index contributed by atoms with van der Waals surface area (Å²) in [4.78, 5) is 23.4. The Balaban J connectivity index is 4.15. The molecule has 3 atom stereocenters. The Morgan fingerprint density at radius 1 is 0.443 bits per heavy atom. The van der Waals surface area contributed by atoms with Crippen LogP contribution in [0.2, 0.25) is 0 Å². The van der Waals surface area contributed by atoms with Gasteiger partial charge in [0.25, 0.3) is 0 Å². The first kappa shape index (κ1) is 76.4. The average Bonchev–Trinajstić information content (AvgIpc) is 3.42. The highest BCUT2D eigenvalue weighted by Gasteiger charge is 2.27. The molecule has 458 valence electrons. The molecule has 1 amide bonds. The molecule has 3 unspecified atom stereocenters. The number of unbranched alkanes of at least 4 members (excludes halogenated alkanes) is 33. The molecular weight excluding hydrogens is 996 g/mol. The summed E-state index contributed by atoms with van der Waals surface area (Å²) in [5.74, 6) is -0.188. The van der Waals surface area contributed by atoms with Crippen molar-refractivity contribution >= 4 is 13.7 Å². The van der Waals surface area contributed by atoms with Crippen LogP contribution < -0.4 is 5.32 Å². The van der Waals surface area contributed by atoms with Crippen LogP contribution in [-0.2, 0) is 18.4 Å². The quantitative estimate of drug-likeness (QED) is 0.0243. The monoisotopic (exact) mass is 1120 g/mol. The summed E-state index contributed by atoms with van der Waals surface area (Å²) in [6.45, 7) is 4.70. The number of amides is 1. The lowest BCUT2D eigenvalue weighted by atomic mass is 10.0. The molecule has 0 aliphatic rings. The number of aliphatic hydroxyl groups excluding tert-OH is 1. The van der Waals surface area contributed by atoms with Gasteiger partial charge in [-0.05, 0) is 83.5 Å². The fraction of sp³-hybridized carbons (Fsp3) is 0.757. The number of quaternary nitrogens is 1. The van der Waals surface area contributed by atoms with Crippen molar-refractivity contribution in [3.8, 4) is 0 Å². The van der Waals surface area contributed by atoms with Gasteiger partial charge >= 0.3 is 7.82 Å². The second kappa shape index (κ2) is 60.0. The zero-order chi connectivity index (χ0) is 57.7. The summed E-state index contributed by atoms with van der Waals surface area (Å²) in [5.41, 5.74) is 0. The van der Waals surface area contributed by atoms with Gasteiger partial charge in [-0.3, -0.25) is 13.8 Å². The van der Waals surface area contributed by atoms with Crippen LogP contribution in [0.15, 0.2) is 97.2 Å².